The van der Waals surface area contributed by atoms with Gasteiger partial charge in [-0.25, -0.2) is 9.48 Å². The Morgan fingerprint density at radius 3 is 2.72 bits per heavy atom. The van der Waals surface area contributed by atoms with Gasteiger partial charge in [0, 0.05) is 12.1 Å². The van der Waals surface area contributed by atoms with Gasteiger partial charge in [0.2, 0.25) is 6.79 Å². The molecular formula is C20H18F2N4O3. The van der Waals surface area contributed by atoms with E-state index < -0.39 is 11.8 Å². The van der Waals surface area contributed by atoms with Gasteiger partial charge in [-0.1, -0.05) is 30.3 Å². The van der Waals surface area contributed by atoms with Gasteiger partial charge in [0.15, 0.2) is 11.5 Å². The van der Waals surface area contributed by atoms with Crippen LogP contribution in [0.2, 0.25) is 0 Å². The smallest absolute Gasteiger partial charge is 0.346 e. The van der Waals surface area contributed by atoms with Gasteiger partial charge in [-0.05, 0) is 28.8 Å². The van der Waals surface area contributed by atoms with Crippen molar-refractivity contribution in [3.63, 3.8) is 0 Å². The zero-order valence-corrected chi connectivity index (χ0v) is 15.3. The van der Waals surface area contributed by atoms with Crippen molar-refractivity contribution < 1.29 is 18.3 Å². The van der Waals surface area contributed by atoms with Crippen LogP contribution in [-0.4, -0.2) is 27.7 Å². The number of nitrogens with zero attached hydrogens (tertiary/aromatic N) is 3. The molecule has 4 rings (SSSR count). The molecule has 0 amide bonds. The summed E-state index contributed by atoms with van der Waals surface area (Å²) in [5.41, 5.74) is 7.22. The fourth-order valence-electron chi connectivity index (χ4n) is 3.16. The van der Waals surface area contributed by atoms with Crippen molar-refractivity contribution in [1.29, 1.82) is 0 Å². The number of aromatic nitrogens is 3. The minimum atomic E-state index is -1.89. The van der Waals surface area contributed by atoms with Crippen molar-refractivity contribution in [3.05, 3.63) is 76.5 Å². The van der Waals surface area contributed by atoms with Gasteiger partial charge in [0.05, 0.1) is 13.1 Å². The zero-order chi connectivity index (χ0) is 20.4. The lowest BCUT2D eigenvalue weighted by Crippen LogP contribution is -2.27. The second kappa shape index (κ2) is 7.88. The van der Waals surface area contributed by atoms with E-state index in [1.165, 1.54) is 10.9 Å². The molecular weight excluding hydrogens is 382 g/mol. The van der Waals surface area contributed by atoms with Crippen molar-refractivity contribution in [3.8, 4) is 22.6 Å². The number of hydrogen-bond donors (Lipinski definition) is 1. The molecule has 0 fully saturated rings. The number of halogens is 2. The van der Waals surface area contributed by atoms with E-state index >= 15 is 0 Å². The Bertz CT molecular complexity index is 1130. The molecule has 150 valence electrons. The third-order valence-electron chi connectivity index (χ3n) is 4.69. The molecule has 1 aliphatic rings. The molecule has 2 aromatic carbocycles. The third kappa shape index (κ3) is 3.77. The van der Waals surface area contributed by atoms with E-state index in [2.05, 4.69) is 5.10 Å². The fourth-order valence-corrected chi connectivity index (χ4v) is 3.16. The maximum atomic E-state index is 12.8. The summed E-state index contributed by atoms with van der Waals surface area (Å²) in [6, 6.07) is 13.3. The van der Waals surface area contributed by atoms with Crippen molar-refractivity contribution in [2.45, 2.75) is 13.1 Å². The van der Waals surface area contributed by atoms with Crippen LogP contribution in [0.3, 0.4) is 0 Å². The van der Waals surface area contributed by atoms with Crippen LogP contribution in [0.25, 0.3) is 11.1 Å². The first kappa shape index (κ1) is 18.9. The molecule has 29 heavy (non-hydrogen) atoms. The molecule has 2 heterocycles. The van der Waals surface area contributed by atoms with Gasteiger partial charge >= 0.3 is 5.69 Å². The van der Waals surface area contributed by atoms with Crippen molar-refractivity contribution in [1.82, 2.24) is 14.3 Å². The first-order valence-corrected chi connectivity index (χ1v) is 8.90. The standard InChI is InChI=1S/C20H18F2N4O3/c21-19(22)15(8-23)10-26-20(27)25(11-24-26)9-14-3-1-2-4-16(14)13-5-6-17-18(7-13)29-12-28-17/h1-7,11H,8-10,12,23H2. The number of rotatable bonds is 6. The second-order valence-electron chi connectivity index (χ2n) is 6.49. The molecule has 0 radical (unpaired) electrons. The molecule has 0 bridgehead atoms. The van der Waals surface area contributed by atoms with Gasteiger partial charge in [-0.15, -0.1) is 0 Å². The fraction of sp³-hybridized carbons (Fsp3) is 0.200. The van der Waals surface area contributed by atoms with Crippen molar-refractivity contribution >= 4 is 0 Å². The molecule has 1 aliphatic heterocycles. The molecule has 1 aromatic heterocycles. The highest BCUT2D eigenvalue weighted by molar-refractivity contribution is 5.70. The van der Waals surface area contributed by atoms with Crippen molar-refractivity contribution in [2.24, 2.45) is 5.73 Å². The molecule has 0 unspecified atom stereocenters. The summed E-state index contributed by atoms with van der Waals surface area (Å²) in [5.74, 6) is 1.35. The summed E-state index contributed by atoms with van der Waals surface area (Å²) in [4.78, 5) is 12.6. The summed E-state index contributed by atoms with van der Waals surface area (Å²) >= 11 is 0. The highest BCUT2D eigenvalue weighted by Gasteiger charge is 2.16. The van der Waals surface area contributed by atoms with Crippen LogP contribution in [0, 0.1) is 0 Å². The maximum Gasteiger partial charge on any atom is 0.346 e. The molecule has 0 saturated carbocycles. The third-order valence-corrected chi connectivity index (χ3v) is 4.69. The van der Waals surface area contributed by atoms with E-state index in [9.17, 15) is 13.6 Å². The first-order valence-electron chi connectivity index (χ1n) is 8.90. The Hall–Kier alpha value is -3.46. The Balaban J connectivity index is 1.63. The molecule has 3 aromatic rings. The average Bonchev–Trinajstić information content (AvgIpc) is 3.33. The molecule has 0 spiro atoms. The lowest BCUT2D eigenvalue weighted by atomic mass is 9.99. The van der Waals surface area contributed by atoms with Gasteiger partial charge in [0.25, 0.3) is 6.08 Å². The Kier molecular flexibility index (Phi) is 5.13. The van der Waals surface area contributed by atoms with Crippen LogP contribution in [0.5, 0.6) is 11.5 Å². The maximum absolute atomic E-state index is 12.8. The largest absolute Gasteiger partial charge is 0.454 e. The van der Waals surface area contributed by atoms with Gasteiger partial charge in [0.1, 0.15) is 6.33 Å². The lowest BCUT2D eigenvalue weighted by molar-refractivity contribution is 0.174. The average molecular weight is 400 g/mol. The number of fused-ring (bicyclic) bond motifs is 1. The number of nitrogens with two attached hydrogens (primary N) is 1. The van der Waals surface area contributed by atoms with E-state index in [0.717, 1.165) is 21.4 Å². The summed E-state index contributed by atoms with van der Waals surface area (Å²) in [5, 5.41) is 3.94. The summed E-state index contributed by atoms with van der Waals surface area (Å²) in [6.07, 6.45) is -0.551. The van der Waals surface area contributed by atoms with Crippen LogP contribution in [0.1, 0.15) is 5.56 Å². The Morgan fingerprint density at radius 1 is 1.14 bits per heavy atom. The van der Waals surface area contributed by atoms with E-state index in [1.54, 1.807) is 0 Å². The molecule has 9 heteroatoms. The van der Waals surface area contributed by atoms with Crippen LogP contribution in [-0.2, 0) is 13.1 Å². The van der Waals surface area contributed by atoms with Crippen LogP contribution in [0.4, 0.5) is 8.78 Å². The molecule has 7 nitrogen and oxygen atoms in total. The molecule has 2 N–H and O–H groups in total. The number of ether oxygens (including phenoxy) is 2. The molecule has 0 saturated heterocycles. The second-order valence-corrected chi connectivity index (χ2v) is 6.49. The summed E-state index contributed by atoms with van der Waals surface area (Å²) < 4.78 is 38.8. The van der Waals surface area contributed by atoms with Crippen LogP contribution < -0.4 is 20.9 Å². The quantitative estimate of drug-likeness (QED) is 0.688. The summed E-state index contributed by atoms with van der Waals surface area (Å²) in [7, 11) is 0. The predicted molar refractivity (Wildman–Crippen MR) is 102 cm³/mol. The number of hydrogen-bond acceptors (Lipinski definition) is 5. The SMILES string of the molecule is NCC(Cn1ncn(Cc2ccccc2-c2ccc3c(c2)OCO3)c1=O)=C(F)F. The Morgan fingerprint density at radius 2 is 1.93 bits per heavy atom. The minimum Gasteiger partial charge on any atom is -0.454 e. The van der Waals surface area contributed by atoms with E-state index in [-0.39, 0.29) is 32.0 Å². The van der Waals surface area contributed by atoms with E-state index in [4.69, 9.17) is 15.2 Å². The molecule has 0 aliphatic carbocycles. The Labute approximate surface area is 164 Å². The van der Waals surface area contributed by atoms with Crippen molar-refractivity contribution in [2.75, 3.05) is 13.3 Å². The highest BCUT2D eigenvalue weighted by Crippen LogP contribution is 2.36. The lowest BCUT2D eigenvalue weighted by Gasteiger charge is -2.10. The zero-order valence-electron chi connectivity index (χ0n) is 15.3. The van der Waals surface area contributed by atoms with E-state index in [1.807, 2.05) is 42.5 Å². The predicted octanol–water partition coefficient (Wildman–Crippen LogP) is 2.60. The van der Waals surface area contributed by atoms with Crippen LogP contribution >= 0.6 is 0 Å². The monoisotopic (exact) mass is 400 g/mol. The van der Waals surface area contributed by atoms with Gasteiger partial charge < -0.3 is 15.2 Å². The van der Waals surface area contributed by atoms with Crippen LogP contribution in [0.15, 0.2) is 65.2 Å². The highest BCUT2D eigenvalue weighted by atomic mass is 19.3. The first-order chi connectivity index (χ1) is 14.1. The minimum absolute atomic E-state index is 0.188. The van der Waals surface area contributed by atoms with E-state index in [0.29, 0.717) is 11.5 Å². The topological polar surface area (TPSA) is 84.3 Å². The number of benzene rings is 2. The summed E-state index contributed by atoms with van der Waals surface area (Å²) in [6.45, 7) is -0.250. The van der Waals surface area contributed by atoms with Gasteiger partial charge in [-0.3, -0.25) is 4.57 Å². The normalized spacial score (nSPS) is 12.2. The molecule has 0 atom stereocenters. The van der Waals surface area contributed by atoms with Gasteiger partial charge in [-0.2, -0.15) is 13.9 Å².